The largest absolute Gasteiger partial charge is 0.508 e. The molecule has 0 aliphatic rings. The lowest BCUT2D eigenvalue weighted by atomic mass is 9.83. The molecule has 3 aromatic carbocycles. The van der Waals surface area contributed by atoms with Crippen LogP contribution in [0.15, 0.2) is 54.6 Å². The summed E-state index contributed by atoms with van der Waals surface area (Å²) >= 11 is 25.0. The molecule has 3 rings (SSSR count). The first-order valence-corrected chi connectivity index (χ1v) is 10.8. The van der Waals surface area contributed by atoms with Crippen LogP contribution >= 0.6 is 46.4 Å². The summed E-state index contributed by atoms with van der Waals surface area (Å²) in [6.07, 6.45) is 0. The number of aromatic hydroxyl groups is 2. The number of hydrogen-bond acceptors (Lipinski definition) is 4. The number of phenols is 2. The number of halogens is 4. The molecule has 0 saturated carbocycles. The Kier molecular flexibility index (Phi) is 5.98. The molecule has 0 saturated heterocycles. The molecule has 0 fully saturated rings. The van der Waals surface area contributed by atoms with Crippen LogP contribution in [-0.2, 0) is 14.9 Å². The third-order valence-electron chi connectivity index (χ3n) is 4.39. The third-order valence-corrected chi connectivity index (χ3v) is 7.09. The van der Waals surface area contributed by atoms with Crippen LogP contribution in [0.2, 0.25) is 20.1 Å². The predicted octanol–water partition coefficient (Wildman–Crippen LogP) is 5.89. The Hall–Kier alpha value is -1.67. The summed E-state index contributed by atoms with van der Waals surface area (Å²) in [6, 6.07) is 11.6. The Morgan fingerprint density at radius 3 is 1.90 bits per heavy atom. The molecule has 1 unspecified atom stereocenters. The molecule has 0 bridgehead atoms. The van der Waals surface area contributed by atoms with Gasteiger partial charge in [-0.3, -0.25) is 4.55 Å². The molecule has 0 spiro atoms. The van der Waals surface area contributed by atoms with Gasteiger partial charge in [0.15, 0.2) is 4.75 Å². The van der Waals surface area contributed by atoms with Gasteiger partial charge in [0.05, 0.1) is 5.02 Å². The van der Waals surface area contributed by atoms with Crippen LogP contribution in [0.1, 0.15) is 16.7 Å². The average molecular weight is 494 g/mol. The predicted molar refractivity (Wildman–Crippen MR) is 114 cm³/mol. The van der Waals surface area contributed by atoms with Gasteiger partial charge >= 0.3 is 0 Å². The summed E-state index contributed by atoms with van der Waals surface area (Å²) in [5.41, 5.74) is -0.510. The molecule has 152 valence electrons. The van der Waals surface area contributed by atoms with Gasteiger partial charge in [-0.2, -0.15) is 8.42 Å². The standard InChI is InChI=1S/C19H12Cl4O5S/c20-14-4-2-1-3-11(14)19(29(26,27)28,12-7-10(24)5-6-15(12)21)13-8-17(23)18(25)9-16(13)22/h1-9,24-25H,(H,26,27,28). The molecule has 10 heteroatoms. The summed E-state index contributed by atoms with van der Waals surface area (Å²) in [5.74, 6) is -0.712. The third kappa shape index (κ3) is 3.65. The van der Waals surface area contributed by atoms with E-state index in [-0.39, 0.29) is 42.5 Å². The van der Waals surface area contributed by atoms with E-state index in [0.29, 0.717) is 0 Å². The lowest BCUT2D eigenvalue weighted by Gasteiger charge is -2.34. The van der Waals surface area contributed by atoms with Gasteiger partial charge < -0.3 is 10.2 Å². The van der Waals surface area contributed by atoms with E-state index in [0.717, 1.165) is 18.2 Å². The van der Waals surface area contributed by atoms with E-state index in [1.807, 2.05) is 0 Å². The van der Waals surface area contributed by atoms with Crippen LogP contribution in [0.25, 0.3) is 0 Å². The van der Waals surface area contributed by atoms with Gasteiger partial charge in [0, 0.05) is 37.8 Å². The molecule has 0 aliphatic carbocycles. The van der Waals surface area contributed by atoms with Crippen molar-refractivity contribution in [3.05, 3.63) is 91.4 Å². The molecule has 0 aromatic heterocycles. The fourth-order valence-corrected chi connectivity index (χ4v) is 5.71. The second-order valence-electron chi connectivity index (χ2n) is 6.08. The Bertz CT molecular complexity index is 1210. The molecule has 29 heavy (non-hydrogen) atoms. The van der Waals surface area contributed by atoms with Gasteiger partial charge in [-0.05, 0) is 30.3 Å². The maximum atomic E-state index is 13.0. The minimum Gasteiger partial charge on any atom is -0.508 e. The van der Waals surface area contributed by atoms with Crippen LogP contribution in [0, 0.1) is 0 Å². The van der Waals surface area contributed by atoms with E-state index >= 15 is 0 Å². The Morgan fingerprint density at radius 1 is 0.690 bits per heavy atom. The molecule has 0 radical (unpaired) electrons. The quantitative estimate of drug-likeness (QED) is 0.311. The summed E-state index contributed by atoms with van der Waals surface area (Å²) in [6.45, 7) is 0. The smallest absolute Gasteiger partial charge is 0.283 e. The van der Waals surface area contributed by atoms with Crippen molar-refractivity contribution in [2.24, 2.45) is 0 Å². The van der Waals surface area contributed by atoms with Gasteiger partial charge in [0.2, 0.25) is 0 Å². The van der Waals surface area contributed by atoms with Crippen LogP contribution in [0.5, 0.6) is 11.5 Å². The minimum atomic E-state index is -5.10. The van der Waals surface area contributed by atoms with Gasteiger partial charge in [-0.25, -0.2) is 0 Å². The number of benzene rings is 3. The van der Waals surface area contributed by atoms with Crippen LogP contribution in [-0.4, -0.2) is 23.2 Å². The first-order valence-electron chi connectivity index (χ1n) is 7.89. The highest BCUT2D eigenvalue weighted by atomic mass is 35.5. The highest BCUT2D eigenvalue weighted by Crippen LogP contribution is 2.52. The zero-order chi connectivity index (χ0) is 21.6. The van der Waals surface area contributed by atoms with Gasteiger partial charge in [0.25, 0.3) is 10.1 Å². The van der Waals surface area contributed by atoms with E-state index in [2.05, 4.69) is 0 Å². The summed E-state index contributed by atoms with van der Waals surface area (Å²) in [5, 5.41) is 19.3. The van der Waals surface area contributed by atoms with E-state index in [1.165, 1.54) is 30.3 Å². The molecule has 0 amide bonds. The Labute approximate surface area is 186 Å². The van der Waals surface area contributed by atoms with Crippen molar-refractivity contribution >= 4 is 56.5 Å². The summed E-state index contributed by atoms with van der Waals surface area (Å²) in [4.78, 5) is 0. The molecule has 0 heterocycles. The monoisotopic (exact) mass is 492 g/mol. The maximum absolute atomic E-state index is 13.0. The number of phenolic OH excluding ortho intramolecular Hbond substituents is 2. The number of rotatable bonds is 4. The van der Waals surface area contributed by atoms with Crippen molar-refractivity contribution in [2.45, 2.75) is 4.75 Å². The van der Waals surface area contributed by atoms with Gasteiger partial charge in [0.1, 0.15) is 11.5 Å². The molecule has 5 nitrogen and oxygen atoms in total. The lowest BCUT2D eigenvalue weighted by Crippen LogP contribution is -2.39. The van der Waals surface area contributed by atoms with Crippen molar-refractivity contribution in [2.75, 3.05) is 0 Å². The minimum absolute atomic E-state index is 0.0233. The topological polar surface area (TPSA) is 94.8 Å². The molecule has 0 aliphatic heterocycles. The van der Waals surface area contributed by atoms with Crippen LogP contribution in [0.4, 0.5) is 0 Å². The SMILES string of the molecule is O=S(=O)(O)C(c1ccccc1Cl)(c1cc(O)ccc1Cl)c1cc(Cl)c(O)cc1Cl. The van der Waals surface area contributed by atoms with Crippen molar-refractivity contribution in [1.29, 1.82) is 0 Å². The fourth-order valence-electron chi connectivity index (χ4n) is 3.19. The van der Waals surface area contributed by atoms with Crippen molar-refractivity contribution in [1.82, 2.24) is 0 Å². The second-order valence-corrected chi connectivity index (χ2v) is 9.28. The van der Waals surface area contributed by atoms with Gasteiger partial charge in [-0.15, -0.1) is 0 Å². The molecule has 3 aromatic rings. The Balaban J connectivity index is 2.66. The van der Waals surface area contributed by atoms with Crippen LogP contribution in [0.3, 0.4) is 0 Å². The summed E-state index contributed by atoms with van der Waals surface area (Å²) in [7, 11) is -5.10. The Morgan fingerprint density at radius 2 is 1.28 bits per heavy atom. The second kappa shape index (κ2) is 7.87. The number of hydrogen-bond donors (Lipinski definition) is 3. The van der Waals surface area contributed by atoms with E-state index in [1.54, 1.807) is 6.07 Å². The van der Waals surface area contributed by atoms with Gasteiger partial charge in [-0.1, -0.05) is 64.6 Å². The first-order chi connectivity index (χ1) is 13.5. The van der Waals surface area contributed by atoms with E-state index in [4.69, 9.17) is 46.4 Å². The maximum Gasteiger partial charge on any atom is 0.283 e. The van der Waals surface area contributed by atoms with E-state index < -0.39 is 20.6 Å². The van der Waals surface area contributed by atoms with Crippen molar-refractivity contribution < 1.29 is 23.2 Å². The first kappa shape index (κ1) is 22.0. The normalized spacial score (nSPS) is 13.8. The zero-order valence-electron chi connectivity index (χ0n) is 14.3. The molecular weight excluding hydrogens is 482 g/mol. The fraction of sp³-hybridized carbons (Fsp3) is 0.0526. The lowest BCUT2D eigenvalue weighted by molar-refractivity contribution is 0.455. The highest BCUT2D eigenvalue weighted by molar-refractivity contribution is 7.87. The molecular formula is C19H12Cl4O5S. The van der Waals surface area contributed by atoms with Crippen molar-refractivity contribution in [3.8, 4) is 11.5 Å². The summed E-state index contributed by atoms with van der Waals surface area (Å²) < 4.78 is 34.1. The van der Waals surface area contributed by atoms with E-state index in [9.17, 15) is 23.2 Å². The highest BCUT2D eigenvalue weighted by Gasteiger charge is 2.52. The molecule has 3 N–H and O–H groups in total. The zero-order valence-corrected chi connectivity index (χ0v) is 18.1. The van der Waals surface area contributed by atoms with Crippen LogP contribution < -0.4 is 0 Å². The average Bonchev–Trinajstić information content (AvgIpc) is 2.63. The molecule has 1 atom stereocenters. The van der Waals surface area contributed by atoms with Crippen molar-refractivity contribution in [3.63, 3.8) is 0 Å².